The van der Waals surface area contributed by atoms with Gasteiger partial charge in [0.25, 0.3) is 0 Å². The van der Waals surface area contributed by atoms with Crippen molar-refractivity contribution in [1.82, 2.24) is 16.0 Å². The van der Waals surface area contributed by atoms with Gasteiger partial charge in [0.05, 0.1) is 37.8 Å². The van der Waals surface area contributed by atoms with Crippen molar-refractivity contribution in [2.45, 2.75) is 69.4 Å². The van der Waals surface area contributed by atoms with E-state index in [0.717, 1.165) is 38.9 Å². The second-order valence-electron chi connectivity index (χ2n) is 16.2. The zero-order valence-corrected chi connectivity index (χ0v) is 37.1. The van der Waals surface area contributed by atoms with Crippen LogP contribution in [0.3, 0.4) is 0 Å². The standard InChI is InChI=1S/C54H59N3O9/c1-3-5-25-50(57-54(62)66-37-49-47-23-14-12-21-45(47)46-22-13-15-24-48(46)49)53(61)65-36-43(35-63-33-39-17-8-6-9-18-39)56-52(60)41(16-4-2)31-51(59)55-42(32-58)30-38-26-28-44(29-27-38)64-34-40-19-10-7-11-20-40/h3-4,6-15,17-24,26-29,41-43,49-50,58H,1-2,5,16,25,30-37H2,(H,55,59)(H,56,60)(H,57,62). The summed E-state index contributed by atoms with van der Waals surface area (Å²) >= 11 is 0. The Hall–Kier alpha value is -7.02. The third-order valence-electron chi connectivity index (χ3n) is 11.3. The molecule has 4 unspecified atom stereocenters. The molecular formula is C54H59N3O9. The number of carbonyl (C=O) groups is 4. The highest BCUT2D eigenvalue weighted by Gasteiger charge is 2.31. The van der Waals surface area contributed by atoms with Crippen molar-refractivity contribution < 1.29 is 43.2 Å². The Morgan fingerprint density at radius 2 is 1.27 bits per heavy atom. The van der Waals surface area contributed by atoms with E-state index in [4.69, 9.17) is 18.9 Å². The van der Waals surface area contributed by atoms with Crippen molar-refractivity contribution in [3.8, 4) is 16.9 Å². The van der Waals surface area contributed by atoms with E-state index in [1.54, 1.807) is 12.2 Å². The predicted octanol–water partition coefficient (Wildman–Crippen LogP) is 7.99. The number of aliphatic hydroxyl groups is 1. The number of nitrogens with one attached hydrogen (secondary N) is 3. The molecule has 0 fully saturated rings. The Kier molecular flexibility index (Phi) is 18.7. The number of allylic oxidation sites excluding steroid dienone is 2. The Labute approximate surface area is 387 Å². The number of fused-ring (bicyclic) bond motifs is 3. The molecule has 0 radical (unpaired) electrons. The molecule has 4 N–H and O–H groups in total. The van der Waals surface area contributed by atoms with Crippen LogP contribution >= 0.6 is 0 Å². The van der Waals surface area contributed by atoms with Crippen molar-refractivity contribution in [2.24, 2.45) is 5.92 Å². The lowest BCUT2D eigenvalue weighted by atomic mass is 9.98. The molecule has 344 valence electrons. The van der Waals surface area contributed by atoms with Crippen LogP contribution < -0.4 is 20.7 Å². The van der Waals surface area contributed by atoms with Crippen molar-refractivity contribution in [3.05, 3.63) is 187 Å². The number of hydrogen-bond acceptors (Lipinski definition) is 9. The van der Waals surface area contributed by atoms with Crippen LogP contribution in [0.4, 0.5) is 4.79 Å². The number of rotatable bonds is 26. The zero-order valence-electron chi connectivity index (χ0n) is 37.1. The lowest BCUT2D eigenvalue weighted by Gasteiger charge is -2.24. The Morgan fingerprint density at radius 3 is 1.89 bits per heavy atom. The van der Waals surface area contributed by atoms with Crippen LogP contribution in [0.15, 0.2) is 159 Å². The fraction of sp³-hybridized carbons (Fsp3) is 0.296. The van der Waals surface area contributed by atoms with Gasteiger partial charge in [-0.25, -0.2) is 9.59 Å². The van der Waals surface area contributed by atoms with Gasteiger partial charge >= 0.3 is 12.1 Å². The normalized spacial score (nSPS) is 13.4. The van der Waals surface area contributed by atoms with Gasteiger partial charge in [0, 0.05) is 12.3 Å². The topological polar surface area (TPSA) is 162 Å². The summed E-state index contributed by atoms with van der Waals surface area (Å²) in [6.07, 6.45) is 3.38. The van der Waals surface area contributed by atoms with Crippen LogP contribution in [0.2, 0.25) is 0 Å². The first kappa shape index (κ1) is 48.4. The lowest BCUT2D eigenvalue weighted by Crippen LogP contribution is -2.48. The monoisotopic (exact) mass is 893 g/mol. The summed E-state index contributed by atoms with van der Waals surface area (Å²) in [4.78, 5) is 54.1. The van der Waals surface area contributed by atoms with E-state index in [2.05, 4.69) is 41.2 Å². The number of ether oxygens (including phenoxy) is 4. The molecule has 1 aliphatic rings. The highest BCUT2D eigenvalue weighted by molar-refractivity contribution is 5.86. The largest absolute Gasteiger partial charge is 0.489 e. The molecule has 0 heterocycles. The van der Waals surface area contributed by atoms with E-state index < -0.39 is 47.9 Å². The van der Waals surface area contributed by atoms with Crippen molar-refractivity contribution in [3.63, 3.8) is 0 Å². The van der Waals surface area contributed by atoms with Crippen LogP contribution in [0.25, 0.3) is 11.1 Å². The fourth-order valence-electron chi connectivity index (χ4n) is 7.85. The fourth-order valence-corrected chi connectivity index (χ4v) is 7.85. The number of hydrogen-bond donors (Lipinski definition) is 4. The molecule has 3 amide bonds. The van der Waals surface area contributed by atoms with E-state index >= 15 is 0 Å². The maximum Gasteiger partial charge on any atom is 0.407 e. The predicted molar refractivity (Wildman–Crippen MR) is 253 cm³/mol. The number of alkyl carbamates (subject to hydrolysis) is 1. The van der Waals surface area contributed by atoms with Gasteiger partial charge in [-0.05, 0) is 76.8 Å². The average Bonchev–Trinajstić information content (AvgIpc) is 3.67. The summed E-state index contributed by atoms with van der Waals surface area (Å²) in [6.45, 7) is 7.67. The van der Waals surface area contributed by atoms with Crippen molar-refractivity contribution in [1.29, 1.82) is 0 Å². The highest BCUT2D eigenvalue weighted by atomic mass is 16.6. The molecule has 0 saturated heterocycles. The second kappa shape index (κ2) is 25.5. The van der Waals surface area contributed by atoms with Crippen LogP contribution in [0, 0.1) is 5.92 Å². The number of amides is 3. The molecule has 12 heteroatoms. The van der Waals surface area contributed by atoms with Gasteiger partial charge in [0.15, 0.2) is 0 Å². The molecule has 0 spiro atoms. The van der Waals surface area contributed by atoms with E-state index in [0.29, 0.717) is 25.2 Å². The van der Waals surface area contributed by atoms with E-state index in [9.17, 15) is 24.3 Å². The molecule has 0 bridgehead atoms. The molecule has 4 atom stereocenters. The molecular weight excluding hydrogens is 835 g/mol. The molecule has 1 aliphatic carbocycles. The molecule has 0 aromatic heterocycles. The third-order valence-corrected chi connectivity index (χ3v) is 11.3. The van der Waals surface area contributed by atoms with Crippen LogP contribution in [-0.4, -0.2) is 73.5 Å². The van der Waals surface area contributed by atoms with Gasteiger partial charge in [-0.3, -0.25) is 9.59 Å². The minimum atomic E-state index is -1.07. The number of carbonyl (C=O) groups excluding carboxylic acids is 4. The van der Waals surface area contributed by atoms with Gasteiger partial charge in [-0.2, -0.15) is 0 Å². The van der Waals surface area contributed by atoms with Gasteiger partial charge in [0.1, 0.15) is 31.6 Å². The van der Waals surface area contributed by atoms with Crippen molar-refractivity contribution >= 4 is 23.9 Å². The Bertz CT molecular complexity index is 2310. The van der Waals surface area contributed by atoms with Gasteiger partial charge in [-0.1, -0.05) is 133 Å². The summed E-state index contributed by atoms with van der Waals surface area (Å²) in [5.41, 5.74) is 7.15. The summed E-state index contributed by atoms with van der Waals surface area (Å²) < 4.78 is 23.3. The van der Waals surface area contributed by atoms with Crippen molar-refractivity contribution in [2.75, 3.05) is 26.4 Å². The molecule has 6 rings (SSSR count). The molecule has 66 heavy (non-hydrogen) atoms. The zero-order chi connectivity index (χ0) is 46.5. The molecule has 0 aliphatic heterocycles. The van der Waals surface area contributed by atoms with Crippen LogP contribution in [0.1, 0.15) is 59.4 Å². The summed E-state index contributed by atoms with van der Waals surface area (Å²) in [6, 6.07) is 40.3. The average molecular weight is 894 g/mol. The molecule has 0 saturated carbocycles. The molecule has 5 aromatic carbocycles. The quantitative estimate of drug-likeness (QED) is 0.0319. The second-order valence-corrected chi connectivity index (χ2v) is 16.2. The van der Waals surface area contributed by atoms with Gasteiger partial charge < -0.3 is 40.0 Å². The first-order valence-electron chi connectivity index (χ1n) is 22.3. The summed E-state index contributed by atoms with van der Waals surface area (Å²) in [5.74, 6) is -1.91. The first-order valence-corrected chi connectivity index (χ1v) is 22.3. The third kappa shape index (κ3) is 14.5. The van der Waals surface area contributed by atoms with Crippen LogP contribution in [-0.2, 0) is 48.2 Å². The van der Waals surface area contributed by atoms with E-state index in [1.807, 2.05) is 121 Å². The highest BCUT2D eigenvalue weighted by Crippen LogP contribution is 2.44. The lowest BCUT2D eigenvalue weighted by molar-refractivity contribution is -0.148. The number of benzene rings is 5. The summed E-state index contributed by atoms with van der Waals surface area (Å²) in [5, 5.41) is 18.6. The SMILES string of the molecule is C=CCCC(NC(=O)OCC1c2ccccc2-c2ccccc21)C(=O)OCC(COCc1ccccc1)NC(=O)C(CC=C)CC(=O)NC(CO)Cc1ccc(OCc2ccccc2)cc1. The Balaban J connectivity index is 1.03. The first-order chi connectivity index (χ1) is 32.2. The van der Waals surface area contributed by atoms with E-state index in [-0.39, 0.29) is 58.2 Å². The Morgan fingerprint density at radius 1 is 0.652 bits per heavy atom. The summed E-state index contributed by atoms with van der Waals surface area (Å²) in [7, 11) is 0. The van der Waals surface area contributed by atoms with Gasteiger partial charge in [0.2, 0.25) is 11.8 Å². The maximum absolute atomic E-state index is 13.9. The number of aliphatic hydroxyl groups excluding tert-OH is 1. The smallest absolute Gasteiger partial charge is 0.407 e. The number of esters is 1. The molecule has 5 aromatic rings. The maximum atomic E-state index is 13.9. The molecule has 12 nitrogen and oxygen atoms in total. The van der Waals surface area contributed by atoms with E-state index in [1.165, 1.54) is 0 Å². The minimum absolute atomic E-state index is 0.0271. The van der Waals surface area contributed by atoms with Gasteiger partial charge in [-0.15, -0.1) is 13.2 Å². The minimum Gasteiger partial charge on any atom is -0.489 e. The van der Waals surface area contributed by atoms with Crippen LogP contribution in [0.5, 0.6) is 5.75 Å².